The third kappa shape index (κ3) is 6.64. The lowest BCUT2D eigenvalue weighted by Gasteiger charge is -2.04. The standard InChI is InChI=1S/C16H19BrN2O3.ClH/c17-12-3-5-13(6-4-12)21-11-14-7-8-15(22-14)16(20)19-10-2-1-9-18;/h3-8H,1-2,9-11,18H2,(H,19,20);1H. The highest BCUT2D eigenvalue weighted by molar-refractivity contribution is 9.10. The average molecular weight is 404 g/mol. The number of halogens is 2. The summed E-state index contributed by atoms with van der Waals surface area (Å²) in [6.07, 6.45) is 1.76. The molecule has 7 heteroatoms. The number of carbonyl (C=O) groups is 1. The first-order valence-electron chi connectivity index (χ1n) is 7.14. The van der Waals surface area contributed by atoms with Gasteiger partial charge in [-0.15, -0.1) is 12.4 Å². The average Bonchev–Trinajstić information content (AvgIpc) is 3.00. The molecule has 1 heterocycles. The number of rotatable bonds is 8. The Balaban J connectivity index is 0.00000264. The van der Waals surface area contributed by atoms with Gasteiger partial charge in [-0.25, -0.2) is 0 Å². The summed E-state index contributed by atoms with van der Waals surface area (Å²) < 4.78 is 12.1. The normalized spacial score (nSPS) is 10.0. The fourth-order valence-electron chi connectivity index (χ4n) is 1.82. The molecule has 0 aliphatic carbocycles. The summed E-state index contributed by atoms with van der Waals surface area (Å²) in [6.45, 7) is 1.51. The molecule has 2 rings (SSSR count). The van der Waals surface area contributed by atoms with Crippen molar-refractivity contribution in [2.24, 2.45) is 5.73 Å². The summed E-state index contributed by atoms with van der Waals surface area (Å²) in [6, 6.07) is 10.9. The number of ether oxygens (including phenoxy) is 1. The van der Waals surface area contributed by atoms with Crippen LogP contribution < -0.4 is 15.8 Å². The predicted molar refractivity (Wildman–Crippen MR) is 95.1 cm³/mol. The second kappa shape index (κ2) is 10.3. The van der Waals surface area contributed by atoms with E-state index >= 15 is 0 Å². The highest BCUT2D eigenvalue weighted by atomic mass is 79.9. The molecule has 1 aromatic heterocycles. The Hall–Kier alpha value is -1.50. The smallest absolute Gasteiger partial charge is 0.286 e. The molecule has 0 radical (unpaired) electrons. The van der Waals surface area contributed by atoms with Crippen molar-refractivity contribution in [2.45, 2.75) is 19.4 Å². The zero-order chi connectivity index (χ0) is 15.8. The fourth-order valence-corrected chi connectivity index (χ4v) is 2.09. The molecule has 0 atom stereocenters. The molecule has 0 unspecified atom stereocenters. The topological polar surface area (TPSA) is 77.5 Å². The van der Waals surface area contributed by atoms with Gasteiger partial charge in [-0.1, -0.05) is 15.9 Å². The van der Waals surface area contributed by atoms with Crippen LogP contribution in [0.1, 0.15) is 29.2 Å². The van der Waals surface area contributed by atoms with E-state index in [2.05, 4.69) is 21.2 Å². The van der Waals surface area contributed by atoms with Crippen molar-refractivity contribution in [2.75, 3.05) is 13.1 Å². The van der Waals surface area contributed by atoms with E-state index in [1.807, 2.05) is 24.3 Å². The third-order valence-corrected chi connectivity index (χ3v) is 3.53. The van der Waals surface area contributed by atoms with Crippen LogP contribution in [0, 0.1) is 0 Å². The third-order valence-electron chi connectivity index (χ3n) is 3.00. The second-order valence-corrected chi connectivity index (χ2v) is 5.68. The summed E-state index contributed by atoms with van der Waals surface area (Å²) in [5, 5.41) is 2.79. The quantitative estimate of drug-likeness (QED) is 0.661. The van der Waals surface area contributed by atoms with Crippen LogP contribution in [0.25, 0.3) is 0 Å². The largest absolute Gasteiger partial charge is 0.486 e. The Labute approximate surface area is 150 Å². The lowest BCUT2D eigenvalue weighted by molar-refractivity contribution is 0.0921. The van der Waals surface area contributed by atoms with Crippen LogP contribution in [-0.2, 0) is 6.61 Å². The van der Waals surface area contributed by atoms with Crippen LogP contribution >= 0.6 is 28.3 Å². The maximum absolute atomic E-state index is 11.9. The maximum Gasteiger partial charge on any atom is 0.286 e. The van der Waals surface area contributed by atoms with E-state index in [9.17, 15) is 4.79 Å². The van der Waals surface area contributed by atoms with E-state index in [0.717, 1.165) is 23.1 Å². The first kappa shape index (κ1) is 19.5. The van der Waals surface area contributed by atoms with E-state index in [1.54, 1.807) is 12.1 Å². The molecule has 2 aromatic rings. The minimum atomic E-state index is -0.216. The van der Waals surface area contributed by atoms with E-state index < -0.39 is 0 Å². The van der Waals surface area contributed by atoms with Gasteiger partial charge in [0.15, 0.2) is 5.76 Å². The number of nitrogens with one attached hydrogen (secondary N) is 1. The number of nitrogens with two attached hydrogens (primary N) is 1. The molecule has 126 valence electrons. The maximum atomic E-state index is 11.9. The molecule has 0 saturated carbocycles. The molecule has 0 spiro atoms. The van der Waals surface area contributed by atoms with Crippen molar-refractivity contribution in [3.05, 3.63) is 52.4 Å². The number of amides is 1. The number of unbranched alkanes of at least 4 members (excludes halogenated alkanes) is 1. The molecule has 5 nitrogen and oxygen atoms in total. The number of hydrogen-bond donors (Lipinski definition) is 2. The summed E-state index contributed by atoms with van der Waals surface area (Å²) in [4.78, 5) is 11.9. The molecule has 3 N–H and O–H groups in total. The molecular weight excluding hydrogens is 384 g/mol. The van der Waals surface area contributed by atoms with Gasteiger partial charge in [-0.3, -0.25) is 4.79 Å². The molecule has 1 aromatic carbocycles. The molecule has 0 aliphatic heterocycles. The molecular formula is C16H20BrClN2O3. The lowest BCUT2D eigenvalue weighted by Crippen LogP contribution is -2.24. The first-order chi connectivity index (χ1) is 10.7. The van der Waals surface area contributed by atoms with Crippen molar-refractivity contribution in [1.82, 2.24) is 5.32 Å². The Kier molecular flexibility index (Phi) is 8.76. The summed E-state index contributed by atoms with van der Waals surface area (Å²) in [7, 11) is 0. The van der Waals surface area contributed by atoms with Gasteiger partial charge in [0.2, 0.25) is 0 Å². The van der Waals surface area contributed by atoms with Crippen molar-refractivity contribution in [3.63, 3.8) is 0 Å². The zero-order valence-corrected chi connectivity index (χ0v) is 15.0. The van der Waals surface area contributed by atoms with E-state index in [-0.39, 0.29) is 24.9 Å². The molecule has 0 fully saturated rings. The van der Waals surface area contributed by atoms with Gasteiger partial charge in [0.05, 0.1) is 0 Å². The lowest BCUT2D eigenvalue weighted by atomic mass is 10.3. The second-order valence-electron chi connectivity index (χ2n) is 4.76. The molecule has 23 heavy (non-hydrogen) atoms. The Morgan fingerprint density at radius 3 is 2.61 bits per heavy atom. The van der Waals surface area contributed by atoms with E-state index in [1.165, 1.54) is 0 Å². The zero-order valence-electron chi connectivity index (χ0n) is 12.6. The van der Waals surface area contributed by atoms with Crippen molar-refractivity contribution >= 4 is 34.2 Å². The molecule has 0 aliphatic rings. The van der Waals surface area contributed by atoms with Crippen LogP contribution in [0.15, 0.2) is 45.3 Å². The van der Waals surface area contributed by atoms with Gasteiger partial charge in [0, 0.05) is 11.0 Å². The van der Waals surface area contributed by atoms with Crippen LogP contribution in [0.2, 0.25) is 0 Å². The van der Waals surface area contributed by atoms with Gasteiger partial charge in [0.1, 0.15) is 18.1 Å². The molecule has 0 saturated heterocycles. The highest BCUT2D eigenvalue weighted by Crippen LogP contribution is 2.18. The minimum Gasteiger partial charge on any atom is -0.486 e. The van der Waals surface area contributed by atoms with Crippen LogP contribution in [0.3, 0.4) is 0 Å². The van der Waals surface area contributed by atoms with Crippen LogP contribution in [-0.4, -0.2) is 19.0 Å². The van der Waals surface area contributed by atoms with E-state index in [0.29, 0.717) is 24.6 Å². The van der Waals surface area contributed by atoms with Crippen molar-refractivity contribution in [1.29, 1.82) is 0 Å². The molecule has 0 bridgehead atoms. The summed E-state index contributed by atoms with van der Waals surface area (Å²) >= 11 is 3.37. The monoisotopic (exact) mass is 402 g/mol. The SMILES string of the molecule is Cl.NCCCCNC(=O)c1ccc(COc2ccc(Br)cc2)o1. The predicted octanol–water partition coefficient (Wildman–Crippen LogP) is 3.51. The first-order valence-corrected chi connectivity index (χ1v) is 7.93. The number of benzene rings is 1. The van der Waals surface area contributed by atoms with Crippen molar-refractivity contribution < 1.29 is 13.9 Å². The Bertz CT molecular complexity index is 602. The van der Waals surface area contributed by atoms with Gasteiger partial charge < -0.3 is 20.2 Å². The van der Waals surface area contributed by atoms with E-state index in [4.69, 9.17) is 14.9 Å². The Morgan fingerprint density at radius 1 is 1.17 bits per heavy atom. The number of furan rings is 1. The highest BCUT2D eigenvalue weighted by Gasteiger charge is 2.10. The van der Waals surface area contributed by atoms with Crippen LogP contribution in [0.5, 0.6) is 5.75 Å². The minimum absolute atomic E-state index is 0. The Morgan fingerprint density at radius 2 is 1.91 bits per heavy atom. The summed E-state index contributed by atoms with van der Waals surface area (Å²) in [5.41, 5.74) is 5.40. The van der Waals surface area contributed by atoms with Gasteiger partial charge >= 0.3 is 0 Å². The van der Waals surface area contributed by atoms with Crippen molar-refractivity contribution in [3.8, 4) is 5.75 Å². The summed E-state index contributed by atoms with van der Waals surface area (Å²) in [5.74, 6) is 1.43. The molecule has 1 amide bonds. The number of hydrogen-bond acceptors (Lipinski definition) is 4. The number of carbonyl (C=O) groups excluding carboxylic acids is 1. The van der Waals surface area contributed by atoms with Gasteiger partial charge in [0.25, 0.3) is 5.91 Å². The van der Waals surface area contributed by atoms with Gasteiger partial charge in [-0.2, -0.15) is 0 Å². The van der Waals surface area contributed by atoms with Crippen LogP contribution in [0.4, 0.5) is 0 Å². The fraction of sp³-hybridized carbons (Fsp3) is 0.312. The van der Waals surface area contributed by atoms with Gasteiger partial charge in [-0.05, 0) is 55.8 Å².